The number of anilines is 1. The molecule has 112 valence electrons. The highest BCUT2D eigenvalue weighted by atomic mass is 32.2. The van der Waals surface area contributed by atoms with Crippen molar-refractivity contribution in [2.45, 2.75) is 18.1 Å². The number of hydrogen-bond acceptors (Lipinski definition) is 5. The van der Waals surface area contributed by atoms with E-state index in [-0.39, 0.29) is 0 Å². The van der Waals surface area contributed by atoms with Crippen molar-refractivity contribution in [3.63, 3.8) is 0 Å². The summed E-state index contributed by atoms with van der Waals surface area (Å²) in [5.74, 6) is -0.506. The lowest BCUT2D eigenvalue weighted by Crippen LogP contribution is -2.11. The molecule has 0 unspecified atom stereocenters. The average molecular weight is 319 g/mol. The summed E-state index contributed by atoms with van der Waals surface area (Å²) in [6.45, 7) is 8.03. The molecule has 0 radical (unpaired) electrons. The maximum Gasteiger partial charge on any atom is 0.421 e. The summed E-state index contributed by atoms with van der Waals surface area (Å²) in [6, 6.07) is 0. The van der Waals surface area contributed by atoms with Gasteiger partial charge in [-0.15, -0.1) is 0 Å². The van der Waals surface area contributed by atoms with Crippen molar-refractivity contribution in [3.05, 3.63) is 22.7 Å². The predicted molar refractivity (Wildman–Crippen MR) is 66.5 cm³/mol. The van der Waals surface area contributed by atoms with Gasteiger partial charge in [0.2, 0.25) is 0 Å². The van der Waals surface area contributed by atoms with E-state index in [1.807, 2.05) is 0 Å². The molecule has 11 heteroatoms. The fourth-order valence-electron chi connectivity index (χ4n) is 1.84. The number of halogens is 3. The molecule has 0 atom stereocenters. The van der Waals surface area contributed by atoms with Gasteiger partial charge < -0.3 is 5.73 Å². The van der Waals surface area contributed by atoms with E-state index in [1.54, 1.807) is 0 Å². The van der Waals surface area contributed by atoms with E-state index in [0.717, 1.165) is 13.2 Å². The second kappa shape index (κ2) is 4.32. The maximum atomic E-state index is 13.0. The number of nitrogens with two attached hydrogens (primary N) is 1. The number of nitrogens with zero attached hydrogens (tertiary/aromatic N) is 4. The number of fused-ring (bicyclic) bond motifs is 1. The number of sulfone groups is 1. The van der Waals surface area contributed by atoms with Crippen molar-refractivity contribution in [2.24, 2.45) is 0 Å². The zero-order valence-corrected chi connectivity index (χ0v) is 11.5. The predicted octanol–water partition coefficient (Wildman–Crippen LogP) is 1.59. The summed E-state index contributed by atoms with van der Waals surface area (Å²) in [4.78, 5) is 6.39. The molecule has 0 aliphatic heterocycles. The quantitative estimate of drug-likeness (QED) is 0.636. The molecule has 0 aliphatic rings. The molecular formula is C10H8F3N5O2S. The van der Waals surface area contributed by atoms with Gasteiger partial charge in [0.1, 0.15) is 11.4 Å². The topological polar surface area (TPSA) is 94.7 Å². The highest BCUT2D eigenvalue weighted by molar-refractivity contribution is 7.90. The van der Waals surface area contributed by atoms with Crippen LogP contribution in [-0.2, 0) is 16.0 Å². The van der Waals surface area contributed by atoms with Crippen LogP contribution in [0.1, 0.15) is 11.3 Å². The molecule has 0 bridgehead atoms. The Hall–Kier alpha value is -2.35. The molecular weight excluding hydrogens is 311 g/mol. The lowest BCUT2D eigenvalue weighted by Gasteiger charge is -2.08. The van der Waals surface area contributed by atoms with Gasteiger partial charge in [-0.2, -0.15) is 18.3 Å². The lowest BCUT2D eigenvalue weighted by atomic mass is 10.2. The fourth-order valence-corrected chi connectivity index (χ4v) is 2.59. The summed E-state index contributed by atoms with van der Waals surface area (Å²) in [5.41, 5.74) is 2.67. The third-order valence-electron chi connectivity index (χ3n) is 2.66. The van der Waals surface area contributed by atoms with Crippen LogP contribution in [0.15, 0.2) is 5.03 Å². The van der Waals surface area contributed by atoms with Crippen molar-refractivity contribution < 1.29 is 21.6 Å². The second-order valence-corrected chi connectivity index (χ2v) is 6.16. The molecule has 0 saturated heterocycles. The average Bonchev–Trinajstić information content (AvgIpc) is 2.64. The smallest absolute Gasteiger partial charge is 0.392 e. The monoisotopic (exact) mass is 319 g/mol. The Bertz CT molecular complexity index is 892. The number of aromatic nitrogens is 3. The first-order valence-corrected chi connectivity index (χ1v) is 7.21. The van der Waals surface area contributed by atoms with Crippen LogP contribution in [0.3, 0.4) is 0 Å². The van der Waals surface area contributed by atoms with Gasteiger partial charge in [0.05, 0.1) is 12.3 Å². The van der Waals surface area contributed by atoms with Crippen molar-refractivity contribution in [2.75, 3.05) is 12.0 Å². The molecule has 2 N–H and O–H groups in total. The first kappa shape index (κ1) is 15.0. The van der Waals surface area contributed by atoms with Crippen LogP contribution in [0.2, 0.25) is 0 Å². The van der Waals surface area contributed by atoms with E-state index >= 15 is 0 Å². The first-order valence-electron chi connectivity index (χ1n) is 5.32. The molecule has 0 spiro atoms. The number of hydrogen-bond donors (Lipinski definition) is 1. The van der Waals surface area contributed by atoms with Crippen LogP contribution in [0.4, 0.5) is 24.7 Å². The Morgan fingerprint density at radius 2 is 1.95 bits per heavy atom. The fraction of sp³-hybridized carbons (Fsp3) is 0.300. The minimum absolute atomic E-state index is 0.414. The van der Waals surface area contributed by atoms with Gasteiger partial charge >= 0.3 is 6.18 Å². The van der Waals surface area contributed by atoms with E-state index in [1.165, 1.54) is 0 Å². The van der Waals surface area contributed by atoms with Crippen LogP contribution in [-0.4, -0.2) is 29.3 Å². The highest BCUT2D eigenvalue weighted by Crippen LogP contribution is 2.38. The van der Waals surface area contributed by atoms with Crippen LogP contribution in [0.25, 0.3) is 10.5 Å². The Labute approximate surface area is 116 Å². The molecule has 0 amide bonds. The van der Waals surface area contributed by atoms with Crippen LogP contribution in [0, 0.1) is 13.5 Å². The van der Waals surface area contributed by atoms with Gasteiger partial charge in [0.25, 0.3) is 5.69 Å². The largest absolute Gasteiger partial charge is 0.421 e. The van der Waals surface area contributed by atoms with Crippen molar-refractivity contribution in [1.82, 2.24) is 14.6 Å². The molecule has 2 heterocycles. The van der Waals surface area contributed by atoms with E-state index in [2.05, 4.69) is 14.9 Å². The number of nitrogen functional groups attached to an aromatic ring is 1. The van der Waals surface area contributed by atoms with E-state index in [9.17, 15) is 21.6 Å². The lowest BCUT2D eigenvalue weighted by molar-refractivity contribution is -0.136. The standard InChI is InChI=1S/C10H8F3N5O2S/c1-4-5(10(11,12)13)8-16-9(21(3,19)20)6(15-2)7(14)18(8)17-4/h14H2,1,3H3. The highest BCUT2D eigenvalue weighted by Gasteiger charge is 2.39. The van der Waals surface area contributed by atoms with Crippen LogP contribution >= 0.6 is 0 Å². The summed E-state index contributed by atoms with van der Waals surface area (Å²) < 4.78 is 62.9. The first-order chi connectivity index (χ1) is 9.48. The normalized spacial score (nSPS) is 12.6. The third-order valence-corrected chi connectivity index (χ3v) is 3.65. The molecule has 21 heavy (non-hydrogen) atoms. The summed E-state index contributed by atoms with van der Waals surface area (Å²) in [5, 5.41) is 2.78. The molecule has 0 aliphatic carbocycles. The third kappa shape index (κ3) is 2.27. The maximum absolute atomic E-state index is 13.0. The molecule has 0 saturated carbocycles. The number of aryl methyl sites for hydroxylation is 1. The summed E-state index contributed by atoms with van der Waals surface area (Å²) >= 11 is 0. The van der Waals surface area contributed by atoms with Crippen LogP contribution in [0.5, 0.6) is 0 Å². The second-order valence-electron chi connectivity index (χ2n) is 4.23. The van der Waals surface area contributed by atoms with Crippen molar-refractivity contribution in [1.29, 1.82) is 0 Å². The SMILES string of the molecule is [C-]#[N+]c1c(S(C)(=O)=O)nc2c(C(F)(F)F)c(C)nn2c1N. The van der Waals surface area contributed by atoms with Crippen molar-refractivity contribution in [3.8, 4) is 0 Å². The van der Waals surface area contributed by atoms with Gasteiger partial charge in [-0.3, -0.25) is 0 Å². The van der Waals surface area contributed by atoms with Gasteiger partial charge in [-0.25, -0.2) is 22.8 Å². The zero-order valence-electron chi connectivity index (χ0n) is 10.7. The zero-order chi connectivity index (χ0) is 16.2. The Balaban J connectivity index is 3.08. The summed E-state index contributed by atoms with van der Waals surface area (Å²) in [6.07, 6.45) is -4.05. The molecule has 0 aromatic carbocycles. The van der Waals surface area contributed by atoms with E-state index in [0.29, 0.717) is 4.52 Å². The molecule has 0 fully saturated rings. The number of alkyl halides is 3. The Morgan fingerprint density at radius 3 is 2.38 bits per heavy atom. The molecule has 2 rings (SSSR count). The van der Waals surface area contributed by atoms with E-state index in [4.69, 9.17) is 12.3 Å². The molecule has 2 aromatic heterocycles. The Kier molecular flexibility index (Phi) is 3.10. The van der Waals surface area contributed by atoms with Crippen molar-refractivity contribution >= 4 is 27.0 Å². The van der Waals surface area contributed by atoms with Gasteiger partial charge in [-0.05, 0) is 6.92 Å². The Morgan fingerprint density at radius 1 is 1.38 bits per heavy atom. The van der Waals surface area contributed by atoms with Gasteiger partial charge in [-0.1, -0.05) is 0 Å². The number of rotatable bonds is 1. The van der Waals surface area contributed by atoms with Gasteiger partial charge in [0.15, 0.2) is 20.5 Å². The van der Waals surface area contributed by atoms with Gasteiger partial charge in [0, 0.05) is 6.26 Å². The molecule has 7 nitrogen and oxygen atoms in total. The van der Waals surface area contributed by atoms with E-state index < -0.39 is 49.4 Å². The molecule has 2 aromatic rings. The minimum Gasteiger partial charge on any atom is -0.392 e. The minimum atomic E-state index is -4.78. The summed E-state index contributed by atoms with van der Waals surface area (Å²) in [7, 11) is -4.03. The van der Waals surface area contributed by atoms with Crippen LogP contribution < -0.4 is 5.73 Å².